The van der Waals surface area contributed by atoms with Crippen LogP contribution in [0.1, 0.15) is 6.92 Å². The van der Waals surface area contributed by atoms with Crippen LogP contribution in [0.3, 0.4) is 0 Å². The summed E-state index contributed by atoms with van der Waals surface area (Å²) in [4.78, 5) is 3.69. The minimum Gasteiger partial charge on any atom is -0.494 e. The molecule has 2 N–H and O–H groups in total. The number of nitrogens with one attached hydrogen (secondary N) is 2. The van der Waals surface area contributed by atoms with Gasteiger partial charge in [-0.1, -0.05) is 30.3 Å². The van der Waals surface area contributed by atoms with E-state index in [1.165, 1.54) is 36.4 Å². The molecule has 0 heterocycles. The van der Waals surface area contributed by atoms with Crippen LogP contribution in [0.25, 0.3) is 10.8 Å². The predicted molar refractivity (Wildman–Crippen MR) is 102 cm³/mol. The SMILES string of the molecule is CCOc1ccc(S(=O)(=O)NNS(=O)(=O)c2ccc3ccccc3c2)cc1. The quantitative estimate of drug-likeness (QED) is 0.587. The summed E-state index contributed by atoms with van der Waals surface area (Å²) >= 11 is 0. The molecule has 0 aliphatic rings. The van der Waals surface area contributed by atoms with E-state index in [2.05, 4.69) is 0 Å². The zero-order chi connectivity index (χ0) is 19.5. The van der Waals surface area contributed by atoms with Gasteiger partial charge in [0.1, 0.15) is 5.75 Å². The van der Waals surface area contributed by atoms with Gasteiger partial charge in [0.25, 0.3) is 20.0 Å². The predicted octanol–water partition coefficient (Wildman–Crippen LogP) is 2.41. The minimum absolute atomic E-state index is 0.0457. The van der Waals surface area contributed by atoms with E-state index in [1.807, 2.05) is 28.7 Å². The van der Waals surface area contributed by atoms with Crippen molar-refractivity contribution in [2.75, 3.05) is 6.61 Å². The maximum atomic E-state index is 12.4. The highest BCUT2D eigenvalue weighted by Crippen LogP contribution is 2.19. The van der Waals surface area contributed by atoms with Gasteiger partial charge in [-0.25, -0.2) is 16.8 Å². The topological polar surface area (TPSA) is 102 Å². The smallest absolute Gasteiger partial charge is 0.254 e. The molecule has 3 aromatic rings. The Balaban J connectivity index is 1.78. The van der Waals surface area contributed by atoms with Crippen LogP contribution in [0.15, 0.2) is 76.5 Å². The van der Waals surface area contributed by atoms with Gasteiger partial charge in [0, 0.05) is 0 Å². The minimum atomic E-state index is -4.07. The van der Waals surface area contributed by atoms with Crippen molar-refractivity contribution >= 4 is 30.8 Å². The first-order valence-corrected chi connectivity index (χ1v) is 11.0. The van der Waals surface area contributed by atoms with Crippen LogP contribution in [0.2, 0.25) is 0 Å². The lowest BCUT2D eigenvalue weighted by atomic mass is 10.1. The van der Waals surface area contributed by atoms with Gasteiger partial charge in [0.05, 0.1) is 16.4 Å². The van der Waals surface area contributed by atoms with Crippen molar-refractivity contribution in [3.05, 3.63) is 66.7 Å². The molecular weight excluding hydrogens is 388 g/mol. The normalized spacial score (nSPS) is 12.2. The van der Waals surface area contributed by atoms with Crippen molar-refractivity contribution in [3.63, 3.8) is 0 Å². The lowest BCUT2D eigenvalue weighted by Gasteiger charge is -2.10. The maximum Gasteiger partial charge on any atom is 0.254 e. The van der Waals surface area contributed by atoms with Crippen LogP contribution >= 0.6 is 0 Å². The Kier molecular flexibility index (Phi) is 5.47. The van der Waals surface area contributed by atoms with Crippen LogP contribution in [-0.4, -0.2) is 23.4 Å². The van der Waals surface area contributed by atoms with E-state index in [1.54, 1.807) is 18.2 Å². The van der Waals surface area contributed by atoms with E-state index in [0.717, 1.165) is 10.8 Å². The van der Waals surface area contributed by atoms with Crippen LogP contribution < -0.4 is 14.4 Å². The molecule has 0 bridgehead atoms. The van der Waals surface area contributed by atoms with Crippen molar-refractivity contribution in [2.45, 2.75) is 16.7 Å². The fourth-order valence-electron chi connectivity index (χ4n) is 2.44. The molecule has 3 rings (SSSR count). The molecular formula is C18H18N2O5S2. The van der Waals surface area contributed by atoms with E-state index in [0.29, 0.717) is 12.4 Å². The number of sulfonamides is 2. The Hall–Kier alpha value is -2.46. The Morgan fingerprint density at radius 3 is 1.93 bits per heavy atom. The molecule has 0 saturated heterocycles. The zero-order valence-corrected chi connectivity index (χ0v) is 16.0. The third-order valence-corrected chi connectivity index (χ3v) is 6.42. The number of hydrogen-bond donors (Lipinski definition) is 2. The molecule has 0 aliphatic carbocycles. The van der Waals surface area contributed by atoms with Gasteiger partial charge in [0.15, 0.2) is 0 Å². The largest absolute Gasteiger partial charge is 0.494 e. The van der Waals surface area contributed by atoms with Crippen molar-refractivity contribution in [3.8, 4) is 5.75 Å². The van der Waals surface area contributed by atoms with Gasteiger partial charge in [-0.2, -0.15) is 0 Å². The Labute approximate surface area is 158 Å². The van der Waals surface area contributed by atoms with Crippen molar-refractivity contribution in [2.24, 2.45) is 0 Å². The third-order valence-electron chi connectivity index (χ3n) is 3.79. The van der Waals surface area contributed by atoms with E-state index in [4.69, 9.17) is 4.74 Å². The maximum absolute atomic E-state index is 12.4. The van der Waals surface area contributed by atoms with Gasteiger partial charge >= 0.3 is 0 Å². The molecule has 0 saturated carbocycles. The molecule has 0 spiro atoms. The molecule has 3 aromatic carbocycles. The second-order valence-electron chi connectivity index (χ2n) is 5.62. The van der Waals surface area contributed by atoms with Crippen LogP contribution in [0.4, 0.5) is 0 Å². The van der Waals surface area contributed by atoms with Crippen molar-refractivity contribution in [1.29, 1.82) is 0 Å². The number of fused-ring (bicyclic) bond motifs is 1. The van der Waals surface area contributed by atoms with Crippen LogP contribution in [0.5, 0.6) is 5.75 Å². The fraction of sp³-hybridized carbons (Fsp3) is 0.111. The highest BCUT2D eigenvalue weighted by molar-refractivity contribution is 7.92. The number of benzene rings is 3. The monoisotopic (exact) mass is 406 g/mol. The Bertz CT molecular complexity index is 1160. The summed E-state index contributed by atoms with van der Waals surface area (Å²) < 4.78 is 54.7. The molecule has 0 atom stereocenters. The van der Waals surface area contributed by atoms with E-state index < -0.39 is 20.0 Å². The van der Waals surface area contributed by atoms with E-state index >= 15 is 0 Å². The zero-order valence-electron chi connectivity index (χ0n) is 14.4. The Morgan fingerprint density at radius 2 is 1.30 bits per heavy atom. The van der Waals surface area contributed by atoms with Gasteiger partial charge in [-0.05, 0) is 54.1 Å². The lowest BCUT2D eigenvalue weighted by Crippen LogP contribution is -2.41. The molecule has 0 radical (unpaired) electrons. The van der Waals surface area contributed by atoms with Crippen LogP contribution in [-0.2, 0) is 20.0 Å². The molecule has 0 fully saturated rings. The molecule has 0 aromatic heterocycles. The van der Waals surface area contributed by atoms with Crippen molar-refractivity contribution in [1.82, 2.24) is 9.66 Å². The van der Waals surface area contributed by atoms with Crippen molar-refractivity contribution < 1.29 is 21.6 Å². The summed E-state index contributed by atoms with van der Waals surface area (Å²) in [6.07, 6.45) is 0. The second kappa shape index (κ2) is 7.65. The summed E-state index contributed by atoms with van der Waals surface area (Å²) in [7, 11) is -8.15. The van der Waals surface area contributed by atoms with Gasteiger partial charge in [-0.15, -0.1) is 9.66 Å². The van der Waals surface area contributed by atoms with Gasteiger partial charge in [-0.3, -0.25) is 0 Å². The molecule has 7 nitrogen and oxygen atoms in total. The first-order chi connectivity index (χ1) is 12.8. The fourth-order valence-corrected chi connectivity index (χ4v) is 4.58. The standard InChI is InChI=1S/C18H18N2O5S2/c1-2-25-16-8-11-17(12-9-16)26(21,22)19-20-27(23,24)18-10-7-14-5-3-4-6-15(14)13-18/h3-13,19-20H,2H2,1H3. The summed E-state index contributed by atoms with van der Waals surface area (Å²) in [5.41, 5.74) is 0. The van der Waals surface area contributed by atoms with E-state index in [9.17, 15) is 16.8 Å². The first-order valence-electron chi connectivity index (χ1n) is 8.07. The molecule has 0 aliphatic heterocycles. The number of ether oxygens (including phenoxy) is 1. The second-order valence-corrected chi connectivity index (χ2v) is 8.99. The number of hydrazine groups is 1. The average molecular weight is 406 g/mol. The third kappa shape index (κ3) is 4.45. The number of hydrogen-bond acceptors (Lipinski definition) is 5. The van der Waals surface area contributed by atoms with Gasteiger partial charge < -0.3 is 4.74 Å². The van der Waals surface area contributed by atoms with Crippen LogP contribution in [0, 0.1) is 0 Å². The van der Waals surface area contributed by atoms with Gasteiger partial charge in [0.2, 0.25) is 0 Å². The number of rotatable bonds is 7. The Morgan fingerprint density at radius 1 is 0.741 bits per heavy atom. The first kappa shape index (κ1) is 19.3. The highest BCUT2D eigenvalue weighted by atomic mass is 32.2. The lowest BCUT2D eigenvalue weighted by molar-refractivity contribution is 0.340. The average Bonchev–Trinajstić information content (AvgIpc) is 2.67. The summed E-state index contributed by atoms with van der Waals surface area (Å²) in [6, 6.07) is 17.5. The molecule has 0 unspecified atom stereocenters. The summed E-state index contributed by atoms with van der Waals surface area (Å²) in [5.74, 6) is 0.521. The molecule has 27 heavy (non-hydrogen) atoms. The van der Waals surface area contributed by atoms with E-state index in [-0.39, 0.29) is 9.79 Å². The molecule has 142 valence electrons. The molecule has 9 heteroatoms. The summed E-state index contributed by atoms with van der Waals surface area (Å²) in [6.45, 7) is 2.27. The summed E-state index contributed by atoms with van der Waals surface area (Å²) in [5, 5.41) is 1.61. The molecule has 0 amide bonds. The highest BCUT2D eigenvalue weighted by Gasteiger charge is 2.20.